The summed E-state index contributed by atoms with van der Waals surface area (Å²) in [7, 11) is 0. The number of pyridine rings is 1. The molecule has 3 aromatic rings. The number of anilines is 1. The molecule has 1 aliphatic heterocycles. The molecule has 0 radical (unpaired) electrons. The maximum absolute atomic E-state index is 13.6. The zero-order valence-electron chi connectivity index (χ0n) is 19.0. The van der Waals surface area contributed by atoms with Gasteiger partial charge in [0.2, 0.25) is 0 Å². The molecule has 0 saturated carbocycles. The van der Waals surface area contributed by atoms with Gasteiger partial charge in [0.05, 0.1) is 24.0 Å². The van der Waals surface area contributed by atoms with Crippen molar-refractivity contribution in [2.45, 2.75) is 38.6 Å². The number of nitrogens with zero attached hydrogens (tertiary/aromatic N) is 1. The Labute approximate surface area is 194 Å². The molecule has 1 aromatic heterocycles. The number of benzene rings is 2. The second kappa shape index (κ2) is 10.1. The van der Waals surface area contributed by atoms with Crippen molar-refractivity contribution in [3.63, 3.8) is 0 Å². The van der Waals surface area contributed by atoms with Crippen LogP contribution in [0.4, 0.5) is 10.1 Å². The fourth-order valence-electron chi connectivity index (χ4n) is 4.57. The molecule has 4 rings (SSSR count). The summed E-state index contributed by atoms with van der Waals surface area (Å²) in [6, 6.07) is 18.1. The second-order valence-electron chi connectivity index (χ2n) is 8.95. The average molecular weight is 448 g/mol. The Bertz CT molecular complexity index is 1120. The van der Waals surface area contributed by atoms with Gasteiger partial charge in [0.1, 0.15) is 5.82 Å². The lowest BCUT2D eigenvalue weighted by Gasteiger charge is -2.33. The lowest BCUT2D eigenvalue weighted by Crippen LogP contribution is -2.37. The predicted octanol–water partition coefficient (Wildman–Crippen LogP) is 4.88. The molecule has 0 unspecified atom stereocenters. The topological polar surface area (TPSA) is 74.2 Å². The van der Waals surface area contributed by atoms with Crippen molar-refractivity contribution in [1.29, 1.82) is 0 Å². The van der Waals surface area contributed by atoms with Gasteiger partial charge in [-0.2, -0.15) is 0 Å². The smallest absolute Gasteiger partial charge is 0.307 e. The highest BCUT2D eigenvalue weighted by Gasteiger charge is 2.28. The standard InChI is InChI=1S/C27H30FN3O2/c1-17-8-9-20(10-21(17)12-26(32)33)18(2)14-31-27(19-6-4-3-5-7-19)22-11-24-25(29-15-22)13-23(28)16-30-24/h3-10,13,16,18,22,27,29,31H,11-12,14-15H2,1-2H3,(H,32,33)/t18-,22+,27-/m1/s1. The summed E-state index contributed by atoms with van der Waals surface area (Å²) in [5.74, 6) is -0.679. The molecule has 0 fully saturated rings. The normalized spacial score (nSPS) is 17.0. The van der Waals surface area contributed by atoms with Crippen LogP contribution in [-0.2, 0) is 17.6 Å². The van der Waals surface area contributed by atoms with Crippen molar-refractivity contribution in [2.24, 2.45) is 5.92 Å². The highest BCUT2D eigenvalue weighted by atomic mass is 19.1. The number of nitrogens with one attached hydrogen (secondary N) is 2. The molecule has 2 aromatic carbocycles. The van der Waals surface area contributed by atoms with E-state index in [2.05, 4.69) is 40.7 Å². The molecule has 6 heteroatoms. The maximum Gasteiger partial charge on any atom is 0.307 e. The van der Waals surface area contributed by atoms with Crippen LogP contribution in [0.2, 0.25) is 0 Å². The Morgan fingerprint density at radius 1 is 1.21 bits per heavy atom. The third-order valence-electron chi connectivity index (χ3n) is 6.51. The first-order valence-electron chi connectivity index (χ1n) is 11.4. The molecule has 33 heavy (non-hydrogen) atoms. The van der Waals surface area contributed by atoms with E-state index < -0.39 is 5.97 Å². The van der Waals surface area contributed by atoms with Gasteiger partial charge in [-0.3, -0.25) is 9.78 Å². The molecule has 172 valence electrons. The highest BCUT2D eigenvalue weighted by molar-refractivity contribution is 5.70. The molecular weight excluding hydrogens is 417 g/mol. The number of fused-ring (bicyclic) bond motifs is 1. The number of carbonyl (C=O) groups is 1. The Morgan fingerprint density at radius 3 is 2.76 bits per heavy atom. The molecule has 3 N–H and O–H groups in total. The van der Waals surface area contributed by atoms with Gasteiger partial charge in [-0.05, 0) is 41.5 Å². The van der Waals surface area contributed by atoms with E-state index in [0.29, 0.717) is 0 Å². The van der Waals surface area contributed by atoms with Crippen LogP contribution in [-0.4, -0.2) is 29.1 Å². The summed E-state index contributed by atoms with van der Waals surface area (Å²) in [6.07, 6.45) is 2.08. The maximum atomic E-state index is 13.6. The number of halogens is 1. The largest absolute Gasteiger partial charge is 0.481 e. The molecule has 0 bridgehead atoms. The number of carboxylic acids is 1. The first-order chi connectivity index (χ1) is 15.9. The summed E-state index contributed by atoms with van der Waals surface area (Å²) < 4.78 is 13.6. The molecule has 5 nitrogen and oxygen atoms in total. The van der Waals surface area contributed by atoms with Gasteiger partial charge in [0.25, 0.3) is 0 Å². The molecule has 0 saturated heterocycles. The third-order valence-corrected chi connectivity index (χ3v) is 6.51. The van der Waals surface area contributed by atoms with E-state index in [4.69, 9.17) is 0 Å². The van der Waals surface area contributed by atoms with Crippen LogP contribution < -0.4 is 10.6 Å². The molecule has 3 atom stereocenters. The van der Waals surface area contributed by atoms with Gasteiger partial charge in [0, 0.05) is 31.1 Å². The second-order valence-corrected chi connectivity index (χ2v) is 8.95. The monoisotopic (exact) mass is 447 g/mol. The van der Waals surface area contributed by atoms with Crippen molar-refractivity contribution in [1.82, 2.24) is 10.3 Å². The zero-order valence-corrected chi connectivity index (χ0v) is 19.0. The van der Waals surface area contributed by atoms with Gasteiger partial charge >= 0.3 is 5.97 Å². The molecule has 0 aliphatic carbocycles. The van der Waals surface area contributed by atoms with Crippen molar-refractivity contribution < 1.29 is 14.3 Å². The number of carboxylic acid groups (broad SMARTS) is 1. The minimum atomic E-state index is -0.816. The lowest BCUT2D eigenvalue weighted by atomic mass is 9.86. The molecule has 2 heterocycles. The van der Waals surface area contributed by atoms with Crippen molar-refractivity contribution in [3.05, 3.63) is 94.6 Å². The van der Waals surface area contributed by atoms with E-state index in [9.17, 15) is 14.3 Å². The van der Waals surface area contributed by atoms with E-state index >= 15 is 0 Å². The van der Waals surface area contributed by atoms with Gasteiger partial charge in [-0.1, -0.05) is 55.5 Å². The minimum Gasteiger partial charge on any atom is -0.481 e. The Hall–Kier alpha value is -3.25. The van der Waals surface area contributed by atoms with E-state index in [1.165, 1.54) is 17.8 Å². The van der Waals surface area contributed by atoms with E-state index in [1.54, 1.807) is 0 Å². The third kappa shape index (κ3) is 5.57. The SMILES string of the molecule is Cc1ccc([C@H](C)CN[C@H](c2ccccc2)[C@@H]2CNc3cc(F)cnc3C2)cc1CC(=O)O. The fraction of sp³-hybridized carbons (Fsp3) is 0.333. The van der Waals surface area contributed by atoms with Crippen LogP contribution in [0.1, 0.15) is 46.8 Å². The summed E-state index contributed by atoms with van der Waals surface area (Å²) in [4.78, 5) is 15.5. The van der Waals surface area contributed by atoms with Crippen LogP contribution in [0.3, 0.4) is 0 Å². The Kier molecular flexibility index (Phi) is 7.04. The zero-order chi connectivity index (χ0) is 23.4. The Balaban J connectivity index is 1.51. The molecular formula is C27H30FN3O2. The summed E-state index contributed by atoms with van der Waals surface area (Å²) >= 11 is 0. The van der Waals surface area contributed by atoms with Crippen LogP contribution in [0.5, 0.6) is 0 Å². The number of hydrogen-bond acceptors (Lipinski definition) is 4. The van der Waals surface area contributed by atoms with E-state index in [-0.39, 0.29) is 30.1 Å². The van der Waals surface area contributed by atoms with E-state index in [1.807, 2.05) is 37.3 Å². The van der Waals surface area contributed by atoms with E-state index in [0.717, 1.165) is 47.6 Å². The number of rotatable bonds is 8. The van der Waals surface area contributed by atoms with Crippen molar-refractivity contribution in [2.75, 3.05) is 18.4 Å². The molecule has 0 amide bonds. The van der Waals surface area contributed by atoms with Crippen LogP contribution >= 0.6 is 0 Å². The summed E-state index contributed by atoms with van der Waals surface area (Å²) in [5, 5.41) is 16.3. The van der Waals surface area contributed by atoms with Crippen molar-refractivity contribution in [3.8, 4) is 0 Å². The highest BCUT2D eigenvalue weighted by Crippen LogP contribution is 2.32. The fourth-order valence-corrected chi connectivity index (χ4v) is 4.57. The van der Waals surface area contributed by atoms with Crippen molar-refractivity contribution >= 4 is 11.7 Å². The minimum absolute atomic E-state index is 0.0349. The first kappa shape index (κ1) is 22.9. The molecule has 0 spiro atoms. The van der Waals surface area contributed by atoms with Crippen LogP contribution in [0, 0.1) is 18.7 Å². The Morgan fingerprint density at radius 2 is 2.00 bits per heavy atom. The summed E-state index contributed by atoms with van der Waals surface area (Å²) in [6.45, 7) is 5.58. The van der Waals surface area contributed by atoms with Gasteiger partial charge in [0.15, 0.2) is 0 Å². The first-order valence-corrected chi connectivity index (χ1v) is 11.4. The summed E-state index contributed by atoms with van der Waals surface area (Å²) in [5.41, 5.74) is 5.85. The quantitative estimate of drug-likeness (QED) is 0.459. The number of hydrogen-bond donors (Lipinski definition) is 3. The van der Waals surface area contributed by atoms with Crippen LogP contribution in [0.25, 0.3) is 0 Å². The number of aryl methyl sites for hydroxylation is 1. The number of aliphatic carboxylic acids is 1. The van der Waals surface area contributed by atoms with Gasteiger partial charge in [-0.15, -0.1) is 0 Å². The number of aromatic nitrogens is 1. The lowest BCUT2D eigenvalue weighted by molar-refractivity contribution is -0.136. The predicted molar refractivity (Wildman–Crippen MR) is 128 cm³/mol. The van der Waals surface area contributed by atoms with Gasteiger partial charge < -0.3 is 15.7 Å². The van der Waals surface area contributed by atoms with Crippen LogP contribution in [0.15, 0.2) is 60.8 Å². The molecule has 1 aliphatic rings. The average Bonchev–Trinajstić information content (AvgIpc) is 2.81. The van der Waals surface area contributed by atoms with Gasteiger partial charge in [-0.25, -0.2) is 4.39 Å².